The second-order valence-corrected chi connectivity index (χ2v) is 16.6. The van der Waals surface area contributed by atoms with Gasteiger partial charge in [0.1, 0.15) is 7.14 Å². The fourth-order valence-electron chi connectivity index (χ4n) is 6.29. The number of hydrogen-bond acceptors (Lipinski definition) is 2. The first-order chi connectivity index (χ1) is 20.0. The molecule has 0 heterocycles. The molecule has 5 aromatic rings. The zero-order valence-electron chi connectivity index (χ0n) is 23.3. The second-order valence-electron chi connectivity index (χ2n) is 10.8. The molecule has 5 aromatic carbocycles. The van der Waals surface area contributed by atoms with Crippen molar-refractivity contribution in [2.75, 3.05) is 6.16 Å². The third-order valence-electron chi connectivity index (χ3n) is 8.46. The summed E-state index contributed by atoms with van der Waals surface area (Å²) in [5.74, 6) is -0.0168. The maximum Gasteiger partial charge on any atom is 0.166 e. The summed E-state index contributed by atoms with van der Waals surface area (Å²) in [6.45, 7) is 2.06. The average molecular weight is 573 g/mol. The van der Waals surface area contributed by atoms with Crippen molar-refractivity contribution in [3.8, 4) is 0 Å². The molecule has 0 spiro atoms. The number of fused-ring (bicyclic) bond motifs is 1. The summed E-state index contributed by atoms with van der Waals surface area (Å²) < 4.78 is 30.7. The second kappa shape index (κ2) is 11.7. The Bertz CT molecular complexity index is 1670. The van der Waals surface area contributed by atoms with E-state index in [1.807, 2.05) is 121 Å². The van der Waals surface area contributed by atoms with Crippen molar-refractivity contribution in [3.05, 3.63) is 168 Å². The van der Waals surface area contributed by atoms with E-state index in [0.29, 0.717) is 12.6 Å². The summed E-state index contributed by atoms with van der Waals surface area (Å²) in [6.07, 6.45) is 1.97. The minimum absolute atomic E-state index is 0.0168. The van der Waals surface area contributed by atoms with Gasteiger partial charge in [-0.15, -0.1) is 0 Å². The van der Waals surface area contributed by atoms with Crippen LogP contribution in [-0.4, -0.2) is 6.16 Å². The van der Waals surface area contributed by atoms with Crippen LogP contribution in [0.5, 0.6) is 0 Å². The Morgan fingerprint density at radius 3 is 1.41 bits per heavy atom. The first-order valence-corrected chi connectivity index (χ1v) is 17.8. The zero-order chi connectivity index (χ0) is 28.3. The molecule has 0 saturated heterocycles. The van der Waals surface area contributed by atoms with Gasteiger partial charge in [0.05, 0.1) is 0 Å². The van der Waals surface area contributed by atoms with Crippen LogP contribution in [0, 0.1) is 5.92 Å². The molecule has 1 atom stereocenters. The Kier molecular flexibility index (Phi) is 7.81. The topological polar surface area (TPSA) is 34.1 Å². The molecule has 0 unspecified atom stereocenters. The Morgan fingerprint density at radius 2 is 0.951 bits per heavy atom. The Balaban J connectivity index is 1.56. The van der Waals surface area contributed by atoms with Crippen molar-refractivity contribution >= 4 is 35.5 Å². The SMILES string of the molecule is C/C(=C1\Cc2ccccc2C[C@H]1CP(=O)(c1ccccc1)c1ccccc1)P(=O)(c1ccccc1)c1ccccc1. The maximum absolute atomic E-state index is 15.5. The Labute approximate surface area is 243 Å². The van der Waals surface area contributed by atoms with Crippen LogP contribution in [0.3, 0.4) is 0 Å². The van der Waals surface area contributed by atoms with Crippen LogP contribution < -0.4 is 21.2 Å². The molecule has 2 nitrogen and oxygen atoms in total. The Hall–Kier alpha value is -3.70. The lowest BCUT2D eigenvalue weighted by atomic mass is 9.81. The first kappa shape index (κ1) is 27.5. The highest BCUT2D eigenvalue weighted by Crippen LogP contribution is 2.56. The van der Waals surface area contributed by atoms with Crippen LogP contribution in [0.2, 0.25) is 0 Å². The lowest BCUT2D eigenvalue weighted by Crippen LogP contribution is -2.29. The van der Waals surface area contributed by atoms with Gasteiger partial charge in [0.25, 0.3) is 0 Å². The normalized spacial score (nSPS) is 16.6. The average Bonchev–Trinajstić information content (AvgIpc) is 3.05. The summed E-state index contributed by atoms with van der Waals surface area (Å²) in [7, 11) is -6.15. The number of rotatable bonds is 7. The lowest BCUT2D eigenvalue weighted by Gasteiger charge is -2.34. The van der Waals surface area contributed by atoms with Gasteiger partial charge in [0, 0.05) is 27.4 Å². The fourth-order valence-corrected chi connectivity index (χ4v) is 12.2. The standard InChI is InChI=1S/C37H34O2P2/c1-29(41(39,35-22-10-4-11-23-35)36-24-12-5-13-25-36)37-27-31-17-15-14-16-30(31)26-32(37)28-40(38,33-18-6-2-7-19-33)34-20-8-3-9-21-34/h2-25,32H,26-28H2,1H3/b37-29-/t32-/m0/s1. The van der Waals surface area contributed by atoms with Gasteiger partial charge in [-0.3, -0.25) is 0 Å². The molecule has 0 fully saturated rings. The first-order valence-electron chi connectivity index (χ1n) is 14.2. The largest absolute Gasteiger partial charge is 0.314 e. The summed E-state index contributed by atoms with van der Waals surface area (Å²) >= 11 is 0. The monoisotopic (exact) mass is 572 g/mol. The molecular weight excluding hydrogens is 538 g/mol. The molecule has 0 radical (unpaired) electrons. The van der Waals surface area contributed by atoms with Gasteiger partial charge in [0.15, 0.2) is 7.14 Å². The molecule has 4 heteroatoms. The van der Waals surface area contributed by atoms with Crippen molar-refractivity contribution in [2.45, 2.75) is 19.8 Å². The molecule has 0 aliphatic heterocycles. The van der Waals surface area contributed by atoms with Crippen molar-refractivity contribution in [2.24, 2.45) is 5.92 Å². The number of hydrogen-bond donors (Lipinski definition) is 0. The maximum atomic E-state index is 15.5. The van der Waals surface area contributed by atoms with Gasteiger partial charge >= 0.3 is 0 Å². The van der Waals surface area contributed by atoms with Crippen LogP contribution >= 0.6 is 14.3 Å². The van der Waals surface area contributed by atoms with E-state index in [2.05, 4.69) is 31.2 Å². The summed E-state index contributed by atoms with van der Waals surface area (Å²) in [5.41, 5.74) is 3.71. The van der Waals surface area contributed by atoms with Crippen molar-refractivity contribution < 1.29 is 9.13 Å². The van der Waals surface area contributed by atoms with E-state index in [9.17, 15) is 0 Å². The van der Waals surface area contributed by atoms with Gasteiger partial charge in [-0.25, -0.2) is 0 Å². The molecule has 41 heavy (non-hydrogen) atoms. The zero-order valence-corrected chi connectivity index (χ0v) is 25.1. The Morgan fingerprint density at radius 1 is 0.561 bits per heavy atom. The van der Waals surface area contributed by atoms with Gasteiger partial charge in [0.2, 0.25) is 0 Å². The molecule has 1 aliphatic carbocycles. The molecule has 204 valence electrons. The highest BCUT2D eigenvalue weighted by molar-refractivity contribution is 7.82. The third-order valence-corrected chi connectivity index (χ3v) is 15.0. The summed E-state index contributed by atoms with van der Waals surface area (Å²) in [6, 6.07) is 48.2. The van der Waals surface area contributed by atoms with Crippen molar-refractivity contribution in [1.82, 2.24) is 0 Å². The quantitative estimate of drug-likeness (QED) is 0.187. The van der Waals surface area contributed by atoms with Crippen LogP contribution in [-0.2, 0) is 22.0 Å². The third kappa shape index (κ3) is 5.24. The van der Waals surface area contributed by atoms with Gasteiger partial charge < -0.3 is 9.13 Å². The van der Waals surface area contributed by atoms with E-state index in [1.54, 1.807) is 0 Å². The van der Waals surface area contributed by atoms with E-state index in [1.165, 1.54) is 11.1 Å². The van der Waals surface area contributed by atoms with Crippen LogP contribution in [0.1, 0.15) is 18.1 Å². The molecule has 0 saturated carbocycles. The highest BCUT2D eigenvalue weighted by Gasteiger charge is 2.38. The molecule has 0 amide bonds. The van der Waals surface area contributed by atoms with Crippen molar-refractivity contribution in [3.63, 3.8) is 0 Å². The molecule has 0 aromatic heterocycles. The van der Waals surface area contributed by atoms with Crippen molar-refractivity contribution in [1.29, 1.82) is 0 Å². The summed E-state index contributed by atoms with van der Waals surface area (Å²) in [4.78, 5) is 0. The van der Waals surface area contributed by atoms with E-state index in [4.69, 9.17) is 0 Å². The van der Waals surface area contributed by atoms with E-state index < -0.39 is 14.3 Å². The minimum Gasteiger partial charge on any atom is -0.314 e. The van der Waals surface area contributed by atoms with Crippen LogP contribution in [0.15, 0.2) is 156 Å². The van der Waals surface area contributed by atoms with E-state index >= 15 is 9.13 Å². The van der Waals surface area contributed by atoms with E-state index in [-0.39, 0.29) is 5.92 Å². The molecule has 1 aliphatic rings. The molecule has 6 rings (SSSR count). The molecular formula is C37H34O2P2. The minimum atomic E-state index is -3.15. The van der Waals surface area contributed by atoms with Crippen LogP contribution in [0.4, 0.5) is 0 Å². The van der Waals surface area contributed by atoms with Gasteiger partial charge in [-0.05, 0) is 42.1 Å². The van der Waals surface area contributed by atoms with Gasteiger partial charge in [-0.1, -0.05) is 151 Å². The highest BCUT2D eigenvalue weighted by atomic mass is 31.2. The lowest BCUT2D eigenvalue weighted by molar-refractivity contribution is 0.565. The number of allylic oxidation sites excluding steroid dienone is 2. The van der Waals surface area contributed by atoms with Gasteiger partial charge in [-0.2, -0.15) is 0 Å². The van der Waals surface area contributed by atoms with Crippen LogP contribution in [0.25, 0.3) is 0 Å². The molecule has 0 bridgehead atoms. The number of benzene rings is 5. The predicted octanol–water partition coefficient (Wildman–Crippen LogP) is 7.70. The predicted molar refractivity (Wildman–Crippen MR) is 174 cm³/mol. The van der Waals surface area contributed by atoms with E-state index in [0.717, 1.165) is 38.5 Å². The summed E-state index contributed by atoms with van der Waals surface area (Å²) in [5, 5.41) is 4.33. The molecule has 0 N–H and O–H groups in total. The smallest absolute Gasteiger partial charge is 0.166 e. The fraction of sp³-hybridized carbons (Fsp3) is 0.135.